The molecule has 0 heterocycles. The van der Waals surface area contributed by atoms with E-state index in [-0.39, 0.29) is 23.2 Å². The van der Waals surface area contributed by atoms with E-state index in [4.69, 9.17) is 0 Å². The quantitative estimate of drug-likeness (QED) is 0.820. The molecule has 0 aliphatic heterocycles. The van der Waals surface area contributed by atoms with Crippen LogP contribution in [-0.4, -0.2) is 23.5 Å². The number of carbonyl (C=O) groups is 2. The van der Waals surface area contributed by atoms with E-state index in [1.807, 2.05) is 36.4 Å². The van der Waals surface area contributed by atoms with Crippen LogP contribution in [0, 0.1) is 29.1 Å². The Hall–Kier alpha value is -2.10. The molecule has 0 unspecified atom stereocenters. The van der Waals surface area contributed by atoms with Crippen LogP contribution in [0.3, 0.4) is 0 Å². The summed E-state index contributed by atoms with van der Waals surface area (Å²) in [6.07, 6.45) is 7.04. The molecule has 1 aromatic carbocycles. The van der Waals surface area contributed by atoms with Crippen molar-refractivity contribution in [2.75, 3.05) is 6.54 Å². The molecular formula is C19H21NO3. The number of allylic oxidation sites excluding steroid dienone is 2. The number of carboxylic acid groups (broad SMARTS) is 1. The van der Waals surface area contributed by atoms with Crippen LogP contribution in [0.15, 0.2) is 42.5 Å². The van der Waals surface area contributed by atoms with E-state index in [0.717, 1.165) is 19.3 Å². The zero-order valence-electron chi connectivity index (χ0n) is 12.9. The van der Waals surface area contributed by atoms with E-state index in [2.05, 4.69) is 11.4 Å². The van der Waals surface area contributed by atoms with Gasteiger partial charge in [-0.25, -0.2) is 0 Å². The van der Waals surface area contributed by atoms with Gasteiger partial charge in [0.25, 0.3) is 0 Å². The first-order valence-corrected chi connectivity index (χ1v) is 8.36. The average Bonchev–Trinajstić information content (AvgIpc) is 3.21. The Labute approximate surface area is 135 Å². The van der Waals surface area contributed by atoms with E-state index in [9.17, 15) is 14.7 Å². The number of amides is 1. The molecule has 2 saturated carbocycles. The molecule has 0 radical (unpaired) electrons. The van der Waals surface area contributed by atoms with Gasteiger partial charge in [-0.2, -0.15) is 0 Å². The van der Waals surface area contributed by atoms with Crippen molar-refractivity contribution >= 4 is 11.9 Å². The molecule has 1 spiro atoms. The number of hydrogen-bond acceptors (Lipinski definition) is 2. The van der Waals surface area contributed by atoms with Gasteiger partial charge in [0.1, 0.15) is 0 Å². The lowest BCUT2D eigenvalue weighted by atomic mass is 9.82. The van der Waals surface area contributed by atoms with Crippen LogP contribution in [0.1, 0.15) is 18.4 Å². The van der Waals surface area contributed by atoms with E-state index >= 15 is 0 Å². The minimum Gasteiger partial charge on any atom is -0.481 e. The molecule has 23 heavy (non-hydrogen) atoms. The highest BCUT2D eigenvalue weighted by Gasteiger charge is 2.69. The first-order chi connectivity index (χ1) is 11.1. The van der Waals surface area contributed by atoms with Crippen molar-refractivity contribution < 1.29 is 14.7 Å². The van der Waals surface area contributed by atoms with Crippen molar-refractivity contribution in [3.05, 3.63) is 48.0 Å². The molecule has 3 aliphatic carbocycles. The molecule has 120 valence electrons. The SMILES string of the molecule is O=C(O)[C@@H]1[C@@H](C(=O)NCCc2ccccc2)[C@H]2C=C[C@H]1C21CC1. The summed E-state index contributed by atoms with van der Waals surface area (Å²) in [5.41, 5.74) is 1.26. The molecule has 4 nitrogen and oxygen atoms in total. The van der Waals surface area contributed by atoms with Gasteiger partial charge in [-0.05, 0) is 42.1 Å². The van der Waals surface area contributed by atoms with Crippen LogP contribution < -0.4 is 5.32 Å². The molecule has 1 aromatic rings. The summed E-state index contributed by atoms with van der Waals surface area (Å²) in [6, 6.07) is 10.00. The van der Waals surface area contributed by atoms with Gasteiger partial charge in [0.05, 0.1) is 11.8 Å². The maximum absolute atomic E-state index is 12.6. The van der Waals surface area contributed by atoms with Crippen molar-refractivity contribution in [2.24, 2.45) is 29.1 Å². The van der Waals surface area contributed by atoms with Gasteiger partial charge in [-0.3, -0.25) is 9.59 Å². The number of aliphatic carboxylic acids is 1. The second-order valence-electron chi connectivity index (χ2n) is 7.09. The number of carboxylic acids is 1. The Kier molecular flexibility index (Phi) is 3.29. The zero-order valence-corrected chi connectivity index (χ0v) is 12.9. The van der Waals surface area contributed by atoms with E-state index in [1.165, 1.54) is 5.56 Å². The predicted octanol–water partition coefficient (Wildman–Crippen LogP) is 2.26. The Morgan fingerprint density at radius 2 is 1.74 bits per heavy atom. The highest BCUT2D eigenvalue weighted by atomic mass is 16.4. The average molecular weight is 311 g/mol. The fourth-order valence-electron chi connectivity index (χ4n) is 4.78. The monoisotopic (exact) mass is 311 g/mol. The summed E-state index contributed by atoms with van der Waals surface area (Å²) >= 11 is 0. The summed E-state index contributed by atoms with van der Waals surface area (Å²) in [5, 5.41) is 12.6. The third-order valence-corrected chi connectivity index (χ3v) is 5.99. The lowest BCUT2D eigenvalue weighted by molar-refractivity contribution is -0.147. The summed E-state index contributed by atoms with van der Waals surface area (Å²) in [7, 11) is 0. The molecule has 2 fully saturated rings. The van der Waals surface area contributed by atoms with Gasteiger partial charge in [-0.15, -0.1) is 0 Å². The van der Waals surface area contributed by atoms with Crippen LogP contribution in [0.2, 0.25) is 0 Å². The van der Waals surface area contributed by atoms with Crippen LogP contribution in [0.5, 0.6) is 0 Å². The van der Waals surface area contributed by atoms with Crippen molar-refractivity contribution in [1.82, 2.24) is 5.32 Å². The number of hydrogen-bond donors (Lipinski definition) is 2. The summed E-state index contributed by atoms with van der Waals surface area (Å²) in [5.74, 6) is -1.70. The normalized spacial score (nSPS) is 32.2. The van der Waals surface area contributed by atoms with E-state index in [0.29, 0.717) is 6.54 Å². The molecule has 3 aliphatic rings. The van der Waals surface area contributed by atoms with Crippen molar-refractivity contribution in [1.29, 1.82) is 0 Å². The van der Waals surface area contributed by atoms with E-state index < -0.39 is 17.8 Å². The zero-order chi connectivity index (χ0) is 16.0. The van der Waals surface area contributed by atoms with Gasteiger partial charge < -0.3 is 10.4 Å². The second kappa shape index (κ2) is 5.22. The highest BCUT2D eigenvalue weighted by molar-refractivity contribution is 5.87. The molecule has 1 amide bonds. The maximum Gasteiger partial charge on any atom is 0.307 e. The first-order valence-electron chi connectivity index (χ1n) is 8.36. The molecule has 0 aromatic heterocycles. The van der Waals surface area contributed by atoms with Crippen LogP contribution in [0.25, 0.3) is 0 Å². The van der Waals surface area contributed by atoms with Gasteiger partial charge >= 0.3 is 5.97 Å². The smallest absolute Gasteiger partial charge is 0.307 e. The lowest BCUT2D eigenvalue weighted by Gasteiger charge is -2.23. The van der Waals surface area contributed by atoms with Crippen LogP contribution in [0.4, 0.5) is 0 Å². The molecule has 2 bridgehead atoms. The standard InChI is InChI=1S/C19H21NO3/c21-17(20-11-8-12-4-2-1-3-5-12)15-13-6-7-14(16(15)18(22)23)19(13)9-10-19/h1-7,13-16H,8-11H2,(H,20,21)(H,22,23)/t13-,14-,15+,16+/m1/s1. The van der Waals surface area contributed by atoms with Gasteiger partial charge in [-0.1, -0.05) is 42.5 Å². The number of benzene rings is 1. The summed E-state index contributed by atoms with van der Waals surface area (Å²) < 4.78 is 0. The highest BCUT2D eigenvalue weighted by Crippen LogP contribution is 2.71. The number of nitrogens with one attached hydrogen (secondary N) is 1. The van der Waals surface area contributed by atoms with E-state index in [1.54, 1.807) is 0 Å². The third kappa shape index (κ3) is 2.19. The Bertz CT molecular complexity index is 662. The first kappa shape index (κ1) is 14.5. The number of rotatable bonds is 5. The lowest BCUT2D eigenvalue weighted by Crippen LogP contribution is -2.40. The molecule has 2 N–H and O–H groups in total. The van der Waals surface area contributed by atoms with Crippen molar-refractivity contribution in [3.63, 3.8) is 0 Å². The Morgan fingerprint density at radius 1 is 1.09 bits per heavy atom. The summed E-state index contributed by atoms with van der Waals surface area (Å²) in [4.78, 5) is 24.4. The van der Waals surface area contributed by atoms with Crippen LogP contribution >= 0.6 is 0 Å². The molecule has 0 saturated heterocycles. The van der Waals surface area contributed by atoms with Gasteiger partial charge in [0, 0.05) is 6.54 Å². The maximum atomic E-state index is 12.6. The fraction of sp³-hybridized carbons (Fsp3) is 0.474. The van der Waals surface area contributed by atoms with Gasteiger partial charge in [0.15, 0.2) is 0 Å². The van der Waals surface area contributed by atoms with Crippen LogP contribution in [-0.2, 0) is 16.0 Å². The molecular weight excluding hydrogens is 290 g/mol. The van der Waals surface area contributed by atoms with Crippen molar-refractivity contribution in [3.8, 4) is 0 Å². The molecule has 4 heteroatoms. The predicted molar refractivity (Wildman–Crippen MR) is 85.6 cm³/mol. The fourth-order valence-corrected chi connectivity index (χ4v) is 4.78. The Morgan fingerprint density at radius 3 is 2.35 bits per heavy atom. The Balaban J connectivity index is 1.43. The molecule has 4 rings (SSSR count). The molecule has 4 atom stereocenters. The largest absolute Gasteiger partial charge is 0.481 e. The summed E-state index contributed by atoms with van der Waals surface area (Å²) in [6.45, 7) is 0.555. The number of carbonyl (C=O) groups excluding carboxylic acids is 1. The third-order valence-electron chi connectivity index (χ3n) is 5.99. The topological polar surface area (TPSA) is 66.4 Å². The second-order valence-corrected chi connectivity index (χ2v) is 7.09. The van der Waals surface area contributed by atoms with Crippen molar-refractivity contribution in [2.45, 2.75) is 19.3 Å². The van der Waals surface area contributed by atoms with Gasteiger partial charge in [0.2, 0.25) is 5.91 Å². The minimum absolute atomic E-state index is 0.0508. The minimum atomic E-state index is -0.823.